The lowest BCUT2D eigenvalue weighted by atomic mass is 10.1. The van der Waals surface area contributed by atoms with E-state index in [1.807, 2.05) is 5.32 Å². The van der Waals surface area contributed by atoms with Gasteiger partial charge in [0.25, 0.3) is 0 Å². The maximum Gasteiger partial charge on any atom is 0.407 e. The Morgan fingerprint density at radius 3 is 2.28 bits per heavy atom. The van der Waals surface area contributed by atoms with Gasteiger partial charge in [0.15, 0.2) is 0 Å². The van der Waals surface area contributed by atoms with Crippen LogP contribution in [0.4, 0.5) is 4.79 Å². The summed E-state index contributed by atoms with van der Waals surface area (Å²) >= 11 is 16.0. The third-order valence-corrected chi connectivity index (χ3v) is 1.96. The molecule has 0 fully saturated rings. The fourth-order valence-electron chi connectivity index (χ4n) is 0.875. The number of carboxylic acid groups (broad SMARTS) is 1. The van der Waals surface area contributed by atoms with Crippen LogP contribution in [-0.4, -0.2) is 39.5 Å². The molecule has 4 N–H and O–H groups in total. The van der Waals surface area contributed by atoms with Gasteiger partial charge in [-0.05, 0) is 6.42 Å². The fourth-order valence-corrected chi connectivity index (χ4v) is 1.04. The molecule has 1 unspecified atom stereocenters. The van der Waals surface area contributed by atoms with Crippen LogP contribution >= 0.6 is 34.8 Å². The van der Waals surface area contributed by atoms with Gasteiger partial charge < -0.3 is 20.9 Å². The first-order valence-corrected chi connectivity index (χ1v) is 5.76. The Hall–Kier alpha value is -0.920. The molecule has 0 aromatic heterocycles. The van der Waals surface area contributed by atoms with Crippen molar-refractivity contribution in [2.45, 2.75) is 22.7 Å². The third-order valence-electron chi connectivity index (χ3n) is 1.64. The molecule has 0 aliphatic carbocycles. The van der Waals surface area contributed by atoms with Crippen molar-refractivity contribution in [3.63, 3.8) is 0 Å². The van der Waals surface area contributed by atoms with Gasteiger partial charge in [0.2, 0.25) is 9.70 Å². The van der Waals surface area contributed by atoms with Crippen LogP contribution in [0.2, 0.25) is 0 Å². The summed E-state index contributed by atoms with van der Waals surface area (Å²) in [5.74, 6) is -2.01. The monoisotopic (exact) mass is 320 g/mol. The lowest BCUT2D eigenvalue weighted by Crippen LogP contribution is -2.42. The van der Waals surface area contributed by atoms with Crippen molar-refractivity contribution < 1.29 is 24.2 Å². The van der Waals surface area contributed by atoms with Gasteiger partial charge in [-0.1, -0.05) is 34.8 Å². The maximum atomic E-state index is 11.2. The normalized spacial score (nSPS) is 12.6. The molecule has 1 atom stereocenters. The van der Waals surface area contributed by atoms with Crippen LogP contribution in [-0.2, 0) is 14.3 Å². The van der Waals surface area contributed by atoms with E-state index >= 15 is 0 Å². The lowest BCUT2D eigenvalue weighted by Gasteiger charge is -2.15. The quantitative estimate of drug-likeness (QED) is 0.625. The van der Waals surface area contributed by atoms with E-state index < -0.39 is 34.4 Å². The van der Waals surface area contributed by atoms with Gasteiger partial charge in [-0.15, -0.1) is 0 Å². The van der Waals surface area contributed by atoms with Crippen molar-refractivity contribution in [1.29, 1.82) is 0 Å². The molecule has 0 heterocycles. The van der Waals surface area contributed by atoms with Crippen molar-refractivity contribution in [3.8, 4) is 0 Å². The zero-order valence-corrected chi connectivity index (χ0v) is 11.3. The number of hydrogen-bond donors (Lipinski definition) is 3. The number of hydrogen-bond acceptors (Lipinski definition) is 4. The number of amides is 2. The number of nitrogens with one attached hydrogen (secondary N) is 1. The number of carbonyl (C=O) groups is 3. The van der Waals surface area contributed by atoms with Crippen molar-refractivity contribution >= 4 is 52.8 Å². The largest absolute Gasteiger partial charge is 0.480 e. The Kier molecular flexibility index (Phi) is 7.12. The second kappa shape index (κ2) is 7.50. The number of alkyl carbamates (subject to hydrolysis) is 1. The number of nitrogens with two attached hydrogens (primary N) is 1. The van der Waals surface area contributed by atoms with E-state index in [1.165, 1.54) is 0 Å². The van der Waals surface area contributed by atoms with Crippen LogP contribution in [0.15, 0.2) is 0 Å². The molecule has 0 bridgehead atoms. The molecule has 0 aromatic rings. The summed E-state index contributed by atoms with van der Waals surface area (Å²) in [5, 5.41) is 10.8. The SMILES string of the molecule is NC(=O)CCC(NC(=O)OCC(Cl)(Cl)Cl)C(=O)O. The van der Waals surface area contributed by atoms with Gasteiger partial charge in [-0.2, -0.15) is 0 Å². The predicted molar refractivity (Wildman–Crippen MR) is 64.6 cm³/mol. The predicted octanol–water partition coefficient (Wildman–Crippen LogP) is 0.802. The first-order valence-electron chi connectivity index (χ1n) is 4.63. The zero-order chi connectivity index (χ0) is 14.3. The number of carboxylic acids is 1. The highest BCUT2D eigenvalue weighted by Gasteiger charge is 2.25. The summed E-state index contributed by atoms with van der Waals surface area (Å²) < 4.78 is 2.68. The number of aliphatic carboxylic acids is 1. The smallest absolute Gasteiger partial charge is 0.407 e. The standard InChI is InChI=1S/C8H11Cl3N2O5/c9-8(10,11)3-18-7(17)13-4(6(15)16)1-2-5(12)14/h4H,1-3H2,(H2,12,14)(H,13,17)(H,15,16). The van der Waals surface area contributed by atoms with Crippen LogP contribution in [0.25, 0.3) is 0 Å². The lowest BCUT2D eigenvalue weighted by molar-refractivity contribution is -0.139. The molecule has 18 heavy (non-hydrogen) atoms. The molecule has 2 amide bonds. The summed E-state index contributed by atoms with van der Waals surface area (Å²) in [5.41, 5.74) is 4.86. The Bertz CT molecular complexity index is 331. The number of ether oxygens (including phenoxy) is 1. The molecule has 0 saturated heterocycles. The van der Waals surface area contributed by atoms with Gasteiger partial charge in [0.05, 0.1) is 0 Å². The maximum absolute atomic E-state index is 11.2. The molecule has 0 rings (SSSR count). The second-order valence-corrected chi connectivity index (χ2v) is 5.75. The van der Waals surface area contributed by atoms with Crippen molar-refractivity contribution in [3.05, 3.63) is 0 Å². The van der Waals surface area contributed by atoms with Gasteiger partial charge in [-0.3, -0.25) is 4.79 Å². The molecule has 7 nitrogen and oxygen atoms in total. The molecule has 0 spiro atoms. The average Bonchev–Trinajstić information content (AvgIpc) is 2.19. The number of rotatable bonds is 6. The average molecular weight is 322 g/mol. The summed E-state index contributed by atoms with van der Waals surface area (Å²) in [7, 11) is 0. The Morgan fingerprint density at radius 2 is 1.89 bits per heavy atom. The van der Waals surface area contributed by atoms with Gasteiger partial charge >= 0.3 is 12.1 Å². The number of alkyl halides is 3. The summed E-state index contributed by atoms with van der Waals surface area (Å²) in [4.78, 5) is 32.4. The fraction of sp³-hybridized carbons (Fsp3) is 0.625. The minimum atomic E-state index is -1.79. The van der Waals surface area contributed by atoms with E-state index in [2.05, 4.69) is 4.74 Å². The molecule has 0 radical (unpaired) electrons. The Labute approximate surface area is 117 Å². The van der Waals surface area contributed by atoms with Gasteiger partial charge in [0.1, 0.15) is 12.6 Å². The molecule has 0 saturated carbocycles. The molecular weight excluding hydrogens is 310 g/mol. The highest BCUT2D eigenvalue weighted by molar-refractivity contribution is 6.67. The number of primary amides is 1. The van der Waals surface area contributed by atoms with Crippen LogP contribution in [0.3, 0.4) is 0 Å². The summed E-state index contributed by atoms with van der Waals surface area (Å²) in [6.07, 6.45) is -1.42. The van der Waals surface area contributed by atoms with E-state index in [9.17, 15) is 14.4 Å². The zero-order valence-electron chi connectivity index (χ0n) is 8.99. The molecular formula is C8H11Cl3N2O5. The minimum absolute atomic E-state index is 0.159. The second-order valence-electron chi connectivity index (χ2n) is 3.23. The number of carbonyl (C=O) groups excluding carboxylic acids is 2. The van der Waals surface area contributed by atoms with Gasteiger partial charge in [-0.25, -0.2) is 9.59 Å². The van der Waals surface area contributed by atoms with Crippen LogP contribution < -0.4 is 11.1 Å². The van der Waals surface area contributed by atoms with Crippen LogP contribution in [0.5, 0.6) is 0 Å². The van der Waals surface area contributed by atoms with Crippen molar-refractivity contribution in [2.75, 3.05) is 6.61 Å². The molecule has 104 valence electrons. The summed E-state index contributed by atoms with van der Waals surface area (Å²) in [6, 6.07) is -1.31. The van der Waals surface area contributed by atoms with E-state index in [4.69, 9.17) is 45.6 Å². The van der Waals surface area contributed by atoms with Crippen molar-refractivity contribution in [1.82, 2.24) is 5.32 Å². The van der Waals surface area contributed by atoms with Gasteiger partial charge in [0, 0.05) is 6.42 Å². The van der Waals surface area contributed by atoms with Crippen LogP contribution in [0.1, 0.15) is 12.8 Å². The third kappa shape index (κ3) is 9.15. The highest BCUT2D eigenvalue weighted by Crippen LogP contribution is 2.25. The Morgan fingerprint density at radius 1 is 1.33 bits per heavy atom. The molecule has 10 heteroatoms. The Balaban J connectivity index is 4.20. The van der Waals surface area contributed by atoms with E-state index in [-0.39, 0.29) is 12.8 Å². The summed E-state index contributed by atoms with van der Waals surface area (Å²) in [6.45, 7) is -0.536. The van der Waals surface area contributed by atoms with E-state index in [1.54, 1.807) is 0 Å². The van der Waals surface area contributed by atoms with E-state index in [0.29, 0.717) is 0 Å². The molecule has 0 aliphatic rings. The topological polar surface area (TPSA) is 119 Å². The first-order chi connectivity index (χ1) is 8.11. The molecule has 0 aliphatic heterocycles. The minimum Gasteiger partial charge on any atom is -0.480 e. The van der Waals surface area contributed by atoms with Crippen molar-refractivity contribution in [2.24, 2.45) is 5.73 Å². The highest BCUT2D eigenvalue weighted by atomic mass is 35.6. The van der Waals surface area contributed by atoms with Crippen LogP contribution in [0, 0.1) is 0 Å². The molecule has 0 aromatic carbocycles. The number of halogens is 3. The first kappa shape index (κ1) is 17.1. The van der Waals surface area contributed by atoms with E-state index in [0.717, 1.165) is 0 Å².